The Bertz CT molecular complexity index is 183. The van der Waals surface area contributed by atoms with Crippen LogP contribution < -0.4 is 5.32 Å². The van der Waals surface area contributed by atoms with Crippen molar-refractivity contribution in [1.29, 1.82) is 0 Å². The van der Waals surface area contributed by atoms with E-state index in [1.54, 1.807) is 14.1 Å². The Hall–Kier alpha value is -1.06. The van der Waals surface area contributed by atoms with E-state index in [9.17, 15) is 9.59 Å². The van der Waals surface area contributed by atoms with Crippen molar-refractivity contribution >= 4 is 29.1 Å². The molecule has 5 heteroatoms. The fourth-order valence-corrected chi connectivity index (χ4v) is 0. The molecule has 0 spiro atoms. The Kier molecular flexibility index (Phi) is 23.6. The van der Waals surface area contributed by atoms with Gasteiger partial charge in [-0.2, -0.15) is 0 Å². The van der Waals surface area contributed by atoms with Crippen molar-refractivity contribution in [2.45, 2.75) is 20.8 Å². The van der Waals surface area contributed by atoms with Crippen LogP contribution in [-0.4, -0.2) is 30.9 Å². The van der Waals surface area contributed by atoms with Crippen LogP contribution in [0, 0.1) is 0 Å². The van der Waals surface area contributed by atoms with Gasteiger partial charge in [0, 0.05) is 21.0 Å². The van der Waals surface area contributed by atoms with Crippen molar-refractivity contribution in [1.82, 2.24) is 5.32 Å². The number of rotatable bonds is 0. The number of thiocarbonyl (C=S) groups is 1. The van der Waals surface area contributed by atoms with Crippen molar-refractivity contribution < 1.29 is 9.59 Å². The van der Waals surface area contributed by atoms with Gasteiger partial charge < -0.3 is 10.1 Å². The fraction of sp³-hybridized carbons (Fsp3) is 0.625. The van der Waals surface area contributed by atoms with Crippen LogP contribution in [0.4, 0.5) is 0 Å². The summed E-state index contributed by atoms with van der Waals surface area (Å²) in [7, 11) is 3.19. The quantitative estimate of drug-likeness (QED) is 0.474. The number of ketones is 1. The molecule has 0 saturated heterocycles. The molecule has 0 radical (unpaired) electrons. The van der Waals surface area contributed by atoms with E-state index in [-0.39, 0.29) is 11.7 Å². The maximum Gasteiger partial charge on any atom is 0.216 e. The largest absolute Gasteiger partial charge is 0.359 e. The number of aliphatic imine (C=N–C) groups is 1. The van der Waals surface area contributed by atoms with Gasteiger partial charge in [-0.3, -0.25) is 4.79 Å². The zero-order chi connectivity index (χ0) is 11.3. The van der Waals surface area contributed by atoms with Crippen molar-refractivity contribution in [3.63, 3.8) is 0 Å². The minimum atomic E-state index is 0.00463. The third-order valence-electron chi connectivity index (χ3n) is 0.443. The van der Waals surface area contributed by atoms with Crippen LogP contribution >= 0.6 is 12.2 Å². The second-order valence-corrected chi connectivity index (χ2v) is 2.21. The SMILES string of the molecule is CC(C)=O.CN=C=S.CNC(C)=O. The Balaban J connectivity index is -0.000000117. The first kappa shape index (κ1) is 17.9. The second-order valence-electron chi connectivity index (χ2n) is 2.03. The van der Waals surface area contributed by atoms with Crippen molar-refractivity contribution in [2.75, 3.05) is 14.1 Å². The zero-order valence-corrected chi connectivity index (χ0v) is 9.49. The van der Waals surface area contributed by atoms with Gasteiger partial charge in [0.25, 0.3) is 0 Å². The maximum atomic E-state index is 9.70. The van der Waals surface area contributed by atoms with E-state index in [0.29, 0.717) is 0 Å². The molecule has 0 aromatic heterocycles. The molecule has 0 bridgehead atoms. The summed E-state index contributed by atoms with van der Waals surface area (Å²) in [6, 6.07) is 0. The van der Waals surface area contributed by atoms with Crippen LogP contribution in [-0.2, 0) is 9.59 Å². The molecular weight excluding hydrogens is 188 g/mol. The lowest BCUT2D eigenvalue weighted by Gasteiger charge is -1.80. The molecular formula is C8H16N2O2S. The molecule has 13 heavy (non-hydrogen) atoms. The monoisotopic (exact) mass is 204 g/mol. The smallest absolute Gasteiger partial charge is 0.216 e. The molecule has 0 unspecified atom stereocenters. The maximum absolute atomic E-state index is 9.70. The highest BCUT2D eigenvalue weighted by Gasteiger charge is 1.72. The number of nitrogens with one attached hydrogen (secondary N) is 1. The molecule has 1 amide bonds. The summed E-state index contributed by atoms with van der Waals surface area (Å²) in [6.07, 6.45) is 0. The summed E-state index contributed by atoms with van der Waals surface area (Å²) in [5.41, 5.74) is 0. The van der Waals surface area contributed by atoms with Crippen molar-refractivity contribution in [3.8, 4) is 0 Å². The zero-order valence-electron chi connectivity index (χ0n) is 8.67. The van der Waals surface area contributed by atoms with Gasteiger partial charge in [-0.15, -0.1) is 0 Å². The van der Waals surface area contributed by atoms with E-state index < -0.39 is 0 Å². The summed E-state index contributed by atoms with van der Waals surface area (Å²) in [5, 5.41) is 4.53. The standard InChI is InChI=1S/C3H7NO.C3H6O.C2H3NS/c1-3(5)4-2;1-3(2)4;1-3-2-4/h1-2H3,(H,4,5);1-2H3;1H3. The molecule has 76 valence electrons. The number of Topliss-reactive ketones (excluding diaryl/α,β-unsaturated/α-hetero) is 1. The van der Waals surface area contributed by atoms with E-state index in [1.807, 2.05) is 0 Å². The van der Waals surface area contributed by atoms with E-state index in [1.165, 1.54) is 20.8 Å². The molecule has 0 aromatic carbocycles. The van der Waals surface area contributed by atoms with E-state index in [4.69, 9.17) is 0 Å². The molecule has 0 aliphatic heterocycles. The van der Waals surface area contributed by atoms with Gasteiger partial charge in [-0.1, -0.05) is 0 Å². The highest BCUT2D eigenvalue weighted by Crippen LogP contribution is 1.50. The lowest BCUT2D eigenvalue weighted by atomic mass is 10.6. The number of hydrogen-bond acceptors (Lipinski definition) is 4. The number of hydrogen-bond donors (Lipinski definition) is 1. The Morgan fingerprint density at radius 1 is 1.31 bits per heavy atom. The minimum absolute atomic E-state index is 0.00463. The molecule has 1 N–H and O–H groups in total. The summed E-state index contributed by atoms with van der Waals surface area (Å²) in [4.78, 5) is 22.4. The first-order chi connectivity index (χ1) is 5.92. The Labute approximate surface area is 84.4 Å². The number of isothiocyanates is 1. The summed E-state index contributed by atoms with van der Waals surface area (Å²) in [5.74, 6) is 0.171. The van der Waals surface area contributed by atoms with Crippen LogP contribution in [0.3, 0.4) is 0 Å². The number of carbonyl (C=O) groups excluding carboxylic acids is 2. The van der Waals surface area contributed by atoms with Gasteiger partial charge in [-0.05, 0) is 26.1 Å². The van der Waals surface area contributed by atoms with Gasteiger partial charge >= 0.3 is 0 Å². The number of nitrogens with zero attached hydrogens (tertiary/aromatic N) is 1. The predicted molar refractivity (Wildman–Crippen MR) is 57.0 cm³/mol. The highest BCUT2D eigenvalue weighted by atomic mass is 32.1. The normalized spacial score (nSPS) is 5.92. The average Bonchev–Trinajstić information content (AvgIpc) is 2.04. The topological polar surface area (TPSA) is 58.5 Å². The molecule has 0 fully saturated rings. The third kappa shape index (κ3) is 232. The molecule has 0 atom stereocenters. The summed E-state index contributed by atoms with van der Waals surface area (Å²) >= 11 is 4.14. The van der Waals surface area contributed by atoms with Crippen LogP contribution in [0.1, 0.15) is 20.8 Å². The Morgan fingerprint density at radius 3 is 1.46 bits per heavy atom. The number of carbonyl (C=O) groups is 2. The predicted octanol–water partition coefficient (Wildman–Crippen LogP) is 1.07. The lowest BCUT2D eigenvalue weighted by Crippen LogP contribution is -2.11. The highest BCUT2D eigenvalue weighted by molar-refractivity contribution is 7.78. The van der Waals surface area contributed by atoms with Crippen molar-refractivity contribution in [3.05, 3.63) is 0 Å². The summed E-state index contributed by atoms with van der Waals surface area (Å²) in [6.45, 7) is 4.53. The third-order valence-corrected chi connectivity index (χ3v) is 0.626. The van der Waals surface area contributed by atoms with E-state index >= 15 is 0 Å². The van der Waals surface area contributed by atoms with Gasteiger partial charge in [0.1, 0.15) is 5.78 Å². The fourth-order valence-electron chi connectivity index (χ4n) is 0. The molecule has 0 aliphatic carbocycles. The second kappa shape index (κ2) is 17.1. The van der Waals surface area contributed by atoms with Crippen LogP contribution in [0.2, 0.25) is 0 Å². The van der Waals surface area contributed by atoms with Gasteiger partial charge in [0.2, 0.25) is 5.91 Å². The molecule has 0 saturated carbocycles. The van der Waals surface area contributed by atoms with Crippen LogP contribution in [0.15, 0.2) is 4.99 Å². The first-order valence-corrected chi connectivity index (χ1v) is 3.94. The Morgan fingerprint density at radius 2 is 1.46 bits per heavy atom. The molecule has 0 aromatic rings. The number of amides is 1. The van der Waals surface area contributed by atoms with Crippen LogP contribution in [0.5, 0.6) is 0 Å². The molecule has 0 heterocycles. The van der Waals surface area contributed by atoms with Gasteiger partial charge in [-0.25, -0.2) is 4.99 Å². The van der Waals surface area contributed by atoms with Crippen molar-refractivity contribution in [2.24, 2.45) is 4.99 Å². The minimum Gasteiger partial charge on any atom is -0.359 e. The van der Waals surface area contributed by atoms with Gasteiger partial charge in [0.05, 0.1) is 5.16 Å². The average molecular weight is 204 g/mol. The summed E-state index contributed by atoms with van der Waals surface area (Å²) < 4.78 is 0. The van der Waals surface area contributed by atoms with E-state index in [0.717, 1.165) is 0 Å². The molecule has 0 aliphatic rings. The molecule has 0 rings (SSSR count). The van der Waals surface area contributed by atoms with Crippen LogP contribution in [0.25, 0.3) is 0 Å². The van der Waals surface area contributed by atoms with E-state index in [2.05, 4.69) is 27.7 Å². The molecule has 4 nitrogen and oxygen atoms in total. The first-order valence-electron chi connectivity index (χ1n) is 3.53. The lowest BCUT2D eigenvalue weighted by molar-refractivity contribution is -0.118. The van der Waals surface area contributed by atoms with Gasteiger partial charge in [0.15, 0.2) is 0 Å².